The summed E-state index contributed by atoms with van der Waals surface area (Å²) >= 11 is 9.64. The predicted octanol–water partition coefficient (Wildman–Crippen LogP) is 4.60. The van der Waals surface area contributed by atoms with Crippen molar-refractivity contribution in [3.63, 3.8) is 0 Å². The number of hydrogen-bond acceptors (Lipinski definition) is 2. The number of benzene rings is 1. The normalized spacial score (nSPS) is 15.3. The number of allylic oxidation sites excluding steroid dienone is 1. The lowest BCUT2D eigenvalue weighted by atomic mass is 10.1. The topological polar surface area (TPSA) is 34.4 Å². The third-order valence-electron chi connectivity index (χ3n) is 4.06. The smallest absolute Gasteiger partial charge is 0.261 e. The number of nitrogens with zero attached hydrogens (tertiary/aromatic N) is 2. The van der Waals surface area contributed by atoms with Gasteiger partial charge in [-0.1, -0.05) is 29.8 Å². The van der Waals surface area contributed by atoms with Crippen molar-refractivity contribution in [3.8, 4) is 0 Å². The zero-order chi connectivity index (χ0) is 16.0. The van der Waals surface area contributed by atoms with E-state index in [1.54, 1.807) is 10.6 Å². The van der Waals surface area contributed by atoms with Gasteiger partial charge >= 0.3 is 0 Å². The van der Waals surface area contributed by atoms with E-state index >= 15 is 0 Å². The Hall–Kier alpha value is -1.91. The first-order chi connectivity index (χ1) is 11.1. The molecule has 1 aliphatic rings. The summed E-state index contributed by atoms with van der Waals surface area (Å²) in [4.78, 5) is 17.4. The molecule has 2 heterocycles. The molecule has 4 rings (SSSR count). The average molecular weight is 388 g/mol. The minimum atomic E-state index is 0.00820. The van der Waals surface area contributed by atoms with Crippen molar-refractivity contribution in [2.75, 3.05) is 0 Å². The van der Waals surface area contributed by atoms with Gasteiger partial charge in [0.2, 0.25) is 0 Å². The largest absolute Gasteiger partial charge is 0.269 e. The summed E-state index contributed by atoms with van der Waals surface area (Å²) in [5.41, 5.74) is 4.26. The Balaban J connectivity index is 1.93. The lowest BCUT2D eigenvalue weighted by Crippen LogP contribution is -2.19. The van der Waals surface area contributed by atoms with Crippen molar-refractivity contribution in [1.82, 2.24) is 9.38 Å². The molecule has 0 bridgehead atoms. The highest BCUT2D eigenvalue weighted by Gasteiger charge is 2.22. The van der Waals surface area contributed by atoms with Gasteiger partial charge in [0.25, 0.3) is 5.56 Å². The molecule has 1 aliphatic carbocycles. The molecule has 0 spiro atoms. The monoisotopic (exact) mass is 386 g/mol. The van der Waals surface area contributed by atoms with E-state index in [4.69, 9.17) is 16.6 Å². The van der Waals surface area contributed by atoms with E-state index < -0.39 is 0 Å². The summed E-state index contributed by atoms with van der Waals surface area (Å²) in [6, 6.07) is 11.4. The Kier molecular flexibility index (Phi) is 3.58. The summed E-state index contributed by atoms with van der Waals surface area (Å²) in [6.07, 6.45) is 5.32. The van der Waals surface area contributed by atoms with Gasteiger partial charge in [0, 0.05) is 21.3 Å². The third-order valence-corrected chi connectivity index (χ3v) is 4.88. The Bertz CT molecular complexity index is 1020. The van der Waals surface area contributed by atoms with E-state index in [1.807, 2.05) is 42.5 Å². The van der Waals surface area contributed by atoms with Gasteiger partial charge in [-0.25, -0.2) is 4.98 Å². The third kappa shape index (κ3) is 2.52. The van der Waals surface area contributed by atoms with Crippen LogP contribution in [0.4, 0.5) is 0 Å². The van der Waals surface area contributed by atoms with Crippen LogP contribution in [0.2, 0.25) is 5.02 Å². The van der Waals surface area contributed by atoms with Crippen LogP contribution in [0.25, 0.3) is 17.3 Å². The lowest BCUT2D eigenvalue weighted by Gasteiger charge is -2.06. The highest BCUT2D eigenvalue weighted by atomic mass is 79.9. The molecule has 23 heavy (non-hydrogen) atoms. The van der Waals surface area contributed by atoms with Crippen LogP contribution in [-0.4, -0.2) is 9.38 Å². The zero-order valence-electron chi connectivity index (χ0n) is 12.1. The predicted molar refractivity (Wildman–Crippen MR) is 96.8 cm³/mol. The minimum Gasteiger partial charge on any atom is -0.269 e. The van der Waals surface area contributed by atoms with E-state index in [9.17, 15) is 4.79 Å². The van der Waals surface area contributed by atoms with Crippen LogP contribution in [0.1, 0.15) is 23.2 Å². The van der Waals surface area contributed by atoms with E-state index in [-0.39, 0.29) is 5.56 Å². The Morgan fingerprint density at radius 2 is 2.00 bits per heavy atom. The van der Waals surface area contributed by atoms with Gasteiger partial charge < -0.3 is 0 Å². The second kappa shape index (κ2) is 5.62. The number of fused-ring (bicyclic) bond motifs is 2. The van der Waals surface area contributed by atoms with E-state index in [0.29, 0.717) is 17.1 Å². The second-order valence-electron chi connectivity index (χ2n) is 5.51. The highest BCUT2D eigenvalue weighted by molar-refractivity contribution is 9.10. The molecule has 2 aromatic heterocycles. The van der Waals surface area contributed by atoms with Crippen molar-refractivity contribution in [3.05, 3.63) is 79.3 Å². The Morgan fingerprint density at radius 3 is 2.83 bits per heavy atom. The van der Waals surface area contributed by atoms with Gasteiger partial charge in [-0.2, -0.15) is 0 Å². The summed E-state index contributed by atoms with van der Waals surface area (Å²) in [5, 5.41) is 0.704. The van der Waals surface area contributed by atoms with Crippen LogP contribution in [0.15, 0.2) is 51.9 Å². The molecule has 1 aromatic carbocycles. The van der Waals surface area contributed by atoms with E-state index in [0.717, 1.165) is 33.3 Å². The molecule has 0 aliphatic heterocycles. The fraction of sp³-hybridized carbons (Fsp3) is 0.111. The first kappa shape index (κ1) is 14.7. The van der Waals surface area contributed by atoms with Crippen LogP contribution < -0.4 is 5.56 Å². The van der Waals surface area contributed by atoms with Gasteiger partial charge in [-0.3, -0.25) is 9.20 Å². The molecule has 0 radical (unpaired) electrons. The van der Waals surface area contributed by atoms with Crippen LogP contribution in [0.5, 0.6) is 0 Å². The number of rotatable bonds is 1. The van der Waals surface area contributed by atoms with Gasteiger partial charge in [0.05, 0.1) is 5.69 Å². The molecular weight excluding hydrogens is 376 g/mol. The molecule has 0 N–H and O–H groups in total. The van der Waals surface area contributed by atoms with Crippen molar-refractivity contribution >= 4 is 44.8 Å². The average Bonchev–Trinajstić information content (AvgIpc) is 2.94. The van der Waals surface area contributed by atoms with Crippen molar-refractivity contribution in [2.24, 2.45) is 0 Å². The van der Waals surface area contributed by atoms with Crippen LogP contribution in [0, 0.1) is 0 Å². The summed E-state index contributed by atoms with van der Waals surface area (Å²) in [6.45, 7) is 0. The number of pyridine rings is 1. The SMILES string of the molecule is O=c1c2c(nc3ccc(Br)cn13)/C(=C\c1ccccc1Cl)CC2. The maximum Gasteiger partial charge on any atom is 0.261 e. The van der Waals surface area contributed by atoms with E-state index in [2.05, 4.69) is 15.9 Å². The van der Waals surface area contributed by atoms with Gasteiger partial charge in [-0.15, -0.1) is 0 Å². The number of aromatic nitrogens is 2. The summed E-state index contributed by atoms with van der Waals surface area (Å²) < 4.78 is 2.46. The summed E-state index contributed by atoms with van der Waals surface area (Å²) in [7, 11) is 0. The first-order valence-electron chi connectivity index (χ1n) is 7.30. The zero-order valence-corrected chi connectivity index (χ0v) is 14.4. The van der Waals surface area contributed by atoms with E-state index in [1.165, 1.54) is 0 Å². The van der Waals surface area contributed by atoms with Crippen molar-refractivity contribution in [1.29, 1.82) is 0 Å². The number of hydrogen-bond donors (Lipinski definition) is 0. The molecule has 0 saturated carbocycles. The molecule has 5 heteroatoms. The van der Waals surface area contributed by atoms with Crippen LogP contribution >= 0.6 is 27.5 Å². The fourth-order valence-electron chi connectivity index (χ4n) is 2.94. The highest BCUT2D eigenvalue weighted by Crippen LogP contribution is 2.32. The maximum absolute atomic E-state index is 12.7. The quantitative estimate of drug-likeness (QED) is 0.612. The van der Waals surface area contributed by atoms with Gasteiger partial charge in [0.15, 0.2) is 0 Å². The fourth-order valence-corrected chi connectivity index (χ4v) is 3.47. The Labute approximate surface area is 146 Å². The molecule has 3 aromatic rings. The molecule has 0 unspecified atom stereocenters. The summed E-state index contributed by atoms with van der Waals surface area (Å²) in [5.74, 6) is 0. The van der Waals surface area contributed by atoms with Crippen molar-refractivity contribution in [2.45, 2.75) is 12.8 Å². The lowest BCUT2D eigenvalue weighted by molar-refractivity contribution is 0.968. The minimum absolute atomic E-state index is 0.00820. The Morgan fingerprint density at radius 1 is 1.17 bits per heavy atom. The first-order valence-corrected chi connectivity index (χ1v) is 8.47. The molecule has 0 saturated heterocycles. The second-order valence-corrected chi connectivity index (χ2v) is 6.83. The van der Waals surface area contributed by atoms with Crippen LogP contribution in [-0.2, 0) is 6.42 Å². The molecule has 0 fully saturated rings. The van der Waals surface area contributed by atoms with Gasteiger partial charge in [0.1, 0.15) is 5.65 Å². The van der Waals surface area contributed by atoms with Crippen LogP contribution in [0.3, 0.4) is 0 Å². The van der Waals surface area contributed by atoms with Gasteiger partial charge in [-0.05, 0) is 64.2 Å². The molecule has 114 valence electrons. The molecule has 3 nitrogen and oxygen atoms in total. The molecular formula is C18H12BrClN2O. The standard InChI is InChI=1S/C18H12BrClN2O/c19-13-6-8-16-21-17-12(9-11-3-1-2-4-15(11)20)5-7-14(17)18(23)22(16)10-13/h1-4,6,8-10H,5,7H2/b12-9-. The molecule has 0 amide bonds. The van der Waals surface area contributed by atoms with Crippen molar-refractivity contribution < 1.29 is 0 Å². The molecule has 0 atom stereocenters. The number of halogens is 2. The maximum atomic E-state index is 12.7.